The lowest BCUT2D eigenvalue weighted by atomic mass is 10.0. The second kappa shape index (κ2) is 9.36. The summed E-state index contributed by atoms with van der Waals surface area (Å²) in [7, 11) is 0. The fourth-order valence-corrected chi connectivity index (χ4v) is 3.81. The van der Waals surface area contributed by atoms with Gasteiger partial charge in [0, 0.05) is 29.7 Å². The highest BCUT2D eigenvalue weighted by atomic mass is 32.2. The minimum Gasteiger partial charge on any atom is -0.481 e. The van der Waals surface area contributed by atoms with Gasteiger partial charge in [0.05, 0.1) is 12.1 Å². The number of carbonyl (C=O) groups is 2. The summed E-state index contributed by atoms with van der Waals surface area (Å²) in [6.45, 7) is 0.684. The molecular weight excluding hydrogens is 298 g/mol. The van der Waals surface area contributed by atoms with Gasteiger partial charge in [0.2, 0.25) is 0 Å². The van der Waals surface area contributed by atoms with Gasteiger partial charge in [-0.2, -0.15) is 24.4 Å². The van der Waals surface area contributed by atoms with Crippen molar-refractivity contribution < 1.29 is 14.7 Å². The molecule has 8 heteroatoms. The molecule has 2 heterocycles. The molecule has 116 valence electrons. The summed E-state index contributed by atoms with van der Waals surface area (Å²) in [5.74, 6) is 1.03. The zero-order valence-electron chi connectivity index (χ0n) is 11.4. The minimum absolute atomic E-state index is 0.0640. The fourth-order valence-electron chi connectivity index (χ4n) is 2.26. The van der Waals surface area contributed by atoms with E-state index in [4.69, 9.17) is 10.8 Å². The molecule has 2 fully saturated rings. The largest absolute Gasteiger partial charge is 0.481 e. The number of hydrogen-bond donors (Lipinski definition) is 5. The van der Waals surface area contributed by atoms with Crippen molar-refractivity contribution in [2.75, 3.05) is 18.1 Å². The smallest absolute Gasteiger partial charge is 0.315 e. The Labute approximate surface area is 129 Å². The van der Waals surface area contributed by atoms with E-state index in [2.05, 4.69) is 23.3 Å². The Morgan fingerprint density at radius 2 is 2.15 bits per heavy atom. The highest BCUT2D eigenvalue weighted by Crippen LogP contribution is 2.33. The Kier molecular flexibility index (Phi) is 8.16. The normalized spacial score (nSPS) is 27.1. The molecule has 2 aliphatic rings. The number of aliphatic carboxylic acids is 1. The van der Waals surface area contributed by atoms with Crippen LogP contribution >= 0.6 is 24.4 Å². The number of carbonyl (C=O) groups excluding carboxylic acids is 1. The average molecular weight is 321 g/mol. The van der Waals surface area contributed by atoms with Crippen molar-refractivity contribution in [3.63, 3.8) is 0 Å². The number of thioether (sulfide) groups is 1. The Hall–Kier alpha value is -0.600. The van der Waals surface area contributed by atoms with E-state index >= 15 is 0 Å². The lowest BCUT2D eigenvalue weighted by molar-refractivity contribution is -0.137. The first-order chi connectivity index (χ1) is 9.58. The van der Waals surface area contributed by atoms with Crippen LogP contribution in [0.2, 0.25) is 0 Å². The topological polar surface area (TPSA) is 104 Å². The molecule has 5 N–H and O–H groups in total. The van der Waals surface area contributed by atoms with E-state index in [9.17, 15) is 9.59 Å². The van der Waals surface area contributed by atoms with Crippen molar-refractivity contribution in [3.05, 3.63) is 0 Å². The molecule has 0 spiro atoms. The zero-order valence-corrected chi connectivity index (χ0v) is 13.1. The van der Waals surface area contributed by atoms with Crippen LogP contribution in [0, 0.1) is 0 Å². The minimum atomic E-state index is -0.729. The molecule has 2 amide bonds. The predicted octanol–water partition coefficient (Wildman–Crippen LogP) is 0.672. The van der Waals surface area contributed by atoms with Crippen molar-refractivity contribution >= 4 is 36.4 Å². The van der Waals surface area contributed by atoms with Crippen LogP contribution in [0.25, 0.3) is 0 Å². The van der Waals surface area contributed by atoms with E-state index in [1.807, 2.05) is 11.8 Å². The van der Waals surface area contributed by atoms with Gasteiger partial charge in [0.25, 0.3) is 0 Å². The van der Waals surface area contributed by atoms with E-state index in [0.717, 1.165) is 30.8 Å². The van der Waals surface area contributed by atoms with Crippen molar-refractivity contribution in [2.24, 2.45) is 5.73 Å². The summed E-state index contributed by atoms with van der Waals surface area (Å²) in [4.78, 5) is 21.5. The number of carboxylic acids is 1. The molecular formula is C12H23N3O3S2. The number of thiol groups is 1. The molecule has 0 saturated carbocycles. The van der Waals surface area contributed by atoms with Gasteiger partial charge >= 0.3 is 12.0 Å². The SMILES string of the molecule is NCCS.O=C(O)CCCC[C@@H]1SC[C@@H]2NC(=O)N[C@@H]21. The van der Waals surface area contributed by atoms with Crippen LogP contribution in [0.4, 0.5) is 4.79 Å². The molecule has 0 bridgehead atoms. The molecule has 0 aromatic carbocycles. The van der Waals surface area contributed by atoms with Crippen molar-refractivity contribution in [1.82, 2.24) is 10.6 Å². The Bertz CT molecular complexity index is 329. The first-order valence-electron chi connectivity index (χ1n) is 6.79. The molecule has 2 rings (SSSR count). The number of rotatable bonds is 6. The summed E-state index contributed by atoms with van der Waals surface area (Å²) >= 11 is 5.67. The fraction of sp³-hybridized carbons (Fsp3) is 0.833. The molecule has 2 aliphatic heterocycles. The molecule has 0 unspecified atom stereocenters. The number of urea groups is 1. The van der Waals surface area contributed by atoms with E-state index in [0.29, 0.717) is 11.8 Å². The maximum atomic E-state index is 11.1. The summed E-state index contributed by atoms with van der Waals surface area (Å²) in [6, 6.07) is 0.440. The number of carboxylic acid groups (broad SMARTS) is 1. The first-order valence-corrected chi connectivity index (χ1v) is 8.48. The third kappa shape index (κ3) is 5.80. The van der Waals surface area contributed by atoms with Crippen molar-refractivity contribution in [3.8, 4) is 0 Å². The lowest BCUT2D eigenvalue weighted by Gasteiger charge is -2.16. The summed E-state index contributed by atoms with van der Waals surface area (Å²) < 4.78 is 0. The predicted molar refractivity (Wildman–Crippen MR) is 84.5 cm³/mol. The summed E-state index contributed by atoms with van der Waals surface area (Å²) in [5.41, 5.74) is 4.95. The maximum Gasteiger partial charge on any atom is 0.315 e. The van der Waals surface area contributed by atoms with Crippen LogP contribution in [0.15, 0.2) is 0 Å². The standard InChI is InChI=1S/C10H16N2O3S.C2H7NS/c13-8(14)4-2-1-3-7-9-6(5-16-7)11-10(15)12-9;3-1-2-4/h6-7,9H,1-5H2,(H,13,14)(H2,11,12,15);4H,1-3H2/t6-,7-,9-;/m0./s1. The number of unbranched alkanes of at least 4 members (excludes halogenated alkanes) is 1. The molecule has 0 aromatic rings. The summed E-state index contributed by atoms with van der Waals surface area (Å²) in [6.07, 6.45) is 2.88. The molecule has 6 nitrogen and oxygen atoms in total. The van der Waals surface area contributed by atoms with E-state index in [1.54, 1.807) is 0 Å². The number of nitrogens with one attached hydrogen (secondary N) is 2. The molecule has 0 aromatic heterocycles. The van der Waals surface area contributed by atoms with Gasteiger partial charge in [-0.15, -0.1) is 0 Å². The Morgan fingerprint density at radius 3 is 2.75 bits per heavy atom. The second-order valence-corrected chi connectivity index (χ2v) is 6.49. The highest BCUT2D eigenvalue weighted by molar-refractivity contribution is 8.00. The molecule has 20 heavy (non-hydrogen) atoms. The van der Waals surface area contributed by atoms with Crippen molar-refractivity contribution in [1.29, 1.82) is 0 Å². The van der Waals surface area contributed by atoms with Gasteiger partial charge in [0.1, 0.15) is 0 Å². The van der Waals surface area contributed by atoms with Gasteiger partial charge in [0.15, 0.2) is 0 Å². The van der Waals surface area contributed by atoms with Crippen LogP contribution in [-0.4, -0.2) is 52.5 Å². The quantitative estimate of drug-likeness (QED) is 0.281. The average Bonchev–Trinajstić information content (AvgIpc) is 2.94. The Morgan fingerprint density at radius 1 is 1.45 bits per heavy atom. The molecule has 2 saturated heterocycles. The van der Waals surface area contributed by atoms with Gasteiger partial charge in [-0.1, -0.05) is 6.42 Å². The van der Waals surface area contributed by atoms with E-state index < -0.39 is 5.97 Å². The van der Waals surface area contributed by atoms with Crippen LogP contribution in [0.3, 0.4) is 0 Å². The van der Waals surface area contributed by atoms with E-state index in [1.165, 1.54) is 0 Å². The van der Waals surface area contributed by atoms with Crippen LogP contribution < -0.4 is 16.4 Å². The second-order valence-electron chi connectivity index (χ2n) is 4.77. The van der Waals surface area contributed by atoms with Crippen LogP contribution in [0.5, 0.6) is 0 Å². The molecule has 0 aliphatic carbocycles. The third-order valence-electron chi connectivity index (χ3n) is 3.20. The first kappa shape index (κ1) is 17.5. The van der Waals surface area contributed by atoms with Crippen LogP contribution in [-0.2, 0) is 4.79 Å². The third-order valence-corrected chi connectivity index (χ3v) is 4.96. The number of fused-ring (bicyclic) bond motifs is 1. The van der Waals surface area contributed by atoms with Crippen molar-refractivity contribution in [2.45, 2.75) is 43.0 Å². The van der Waals surface area contributed by atoms with Gasteiger partial charge in [-0.25, -0.2) is 4.79 Å². The van der Waals surface area contributed by atoms with Crippen LogP contribution in [0.1, 0.15) is 25.7 Å². The highest BCUT2D eigenvalue weighted by Gasteiger charge is 2.42. The van der Waals surface area contributed by atoms with E-state index in [-0.39, 0.29) is 24.5 Å². The lowest BCUT2D eigenvalue weighted by Crippen LogP contribution is -2.36. The molecule has 3 atom stereocenters. The molecule has 0 radical (unpaired) electrons. The summed E-state index contributed by atoms with van der Waals surface area (Å²) in [5, 5.41) is 14.8. The zero-order chi connectivity index (χ0) is 15.0. The van der Waals surface area contributed by atoms with Gasteiger partial charge in [-0.05, 0) is 12.8 Å². The number of nitrogens with two attached hydrogens (primary N) is 1. The Balaban J connectivity index is 0.000000444. The number of hydrogen-bond acceptors (Lipinski definition) is 5. The van der Waals surface area contributed by atoms with Gasteiger partial charge in [-0.3, -0.25) is 4.79 Å². The van der Waals surface area contributed by atoms with Gasteiger partial charge < -0.3 is 21.5 Å². The monoisotopic (exact) mass is 321 g/mol. The maximum absolute atomic E-state index is 11.1. The number of amides is 2.